The topological polar surface area (TPSA) is 46.2 Å². The highest BCUT2D eigenvalue weighted by Crippen LogP contribution is 2.14. The van der Waals surface area contributed by atoms with Crippen LogP contribution in [0.25, 0.3) is 0 Å². The lowest BCUT2D eigenvalue weighted by Gasteiger charge is -2.24. The van der Waals surface area contributed by atoms with Gasteiger partial charge in [-0.1, -0.05) is 31.2 Å². The van der Waals surface area contributed by atoms with Crippen LogP contribution in [-0.4, -0.2) is 32.5 Å². The van der Waals surface area contributed by atoms with E-state index < -0.39 is 9.84 Å². The van der Waals surface area contributed by atoms with Crippen molar-refractivity contribution in [1.82, 2.24) is 5.32 Å². The molecule has 0 aromatic heterocycles. The maximum absolute atomic E-state index is 11.8. The van der Waals surface area contributed by atoms with Crippen molar-refractivity contribution < 1.29 is 8.42 Å². The van der Waals surface area contributed by atoms with Crippen LogP contribution in [0.4, 0.5) is 0 Å². The second kappa shape index (κ2) is 7.06. The molecule has 19 heavy (non-hydrogen) atoms. The molecule has 1 aromatic carbocycles. The van der Waals surface area contributed by atoms with Crippen LogP contribution in [-0.2, 0) is 16.3 Å². The molecule has 0 amide bonds. The van der Waals surface area contributed by atoms with Crippen LogP contribution in [0.5, 0.6) is 0 Å². The van der Waals surface area contributed by atoms with Crippen LogP contribution >= 0.6 is 0 Å². The fourth-order valence-electron chi connectivity index (χ4n) is 2.11. The van der Waals surface area contributed by atoms with E-state index in [1.165, 1.54) is 17.4 Å². The Morgan fingerprint density at radius 3 is 2.42 bits per heavy atom. The first kappa shape index (κ1) is 16.2. The lowest BCUT2D eigenvalue weighted by molar-refractivity contribution is 0.481. The summed E-state index contributed by atoms with van der Waals surface area (Å²) in [5, 5.41) is 3.00. The third-order valence-electron chi connectivity index (χ3n) is 3.60. The van der Waals surface area contributed by atoms with Crippen LogP contribution in [0.3, 0.4) is 0 Å². The van der Waals surface area contributed by atoms with E-state index in [9.17, 15) is 8.42 Å². The summed E-state index contributed by atoms with van der Waals surface area (Å²) in [5.74, 6) is 0. The molecule has 1 rings (SSSR count). The Bertz CT molecular complexity index is 497. The van der Waals surface area contributed by atoms with Crippen molar-refractivity contribution in [2.75, 3.05) is 12.8 Å². The zero-order valence-electron chi connectivity index (χ0n) is 12.3. The summed E-state index contributed by atoms with van der Waals surface area (Å²) in [6.07, 6.45) is 3.07. The zero-order chi connectivity index (χ0) is 14.5. The molecule has 0 saturated carbocycles. The minimum Gasteiger partial charge on any atom is -0.312 e. The van der Waals surface area contributed by atoms with Gasteiger partial charge in [0, 0.05) is 12.3 Å². The molecular weight excluding hydrogens is 258 g/mol. The summed E-state index contributed by atoms with van der Waals surface area (Å²) in [7, 11) is -3.03. The van der Waals surface area contributed by atoms with Gasteiger partial charge in [0.1, 0.15) is 0 Å². The van der Waals surface area contributed by atoms with Gasteiger partial charge in [-0.2, -0.15) is 0 Å². The van der Waals surface area contributed by atoms with Crippen molar-refractivity contribution in [2.24, 2.45) is 0 Å². The predicted octanol–water partition coefficient (Wildman–Crippen LogP) is 2.34. The van der Waals surface area contributed by atoms with Crippen LogP contribution < -0.4 is 5.32 Å². The Morgan fingerprint density at radius 1 is 1.26 bits per heavy atom. The molecule has 1 aromatic rings. The third kappa shape index (κ3) is 4.96. The number of aryl methyl sites for hydroxylation is 1. The van der Waals surface area contributed by atoms with Gasteiger partial charge in [0.2, 0.25) is 0 Å². The van der Waals surface area contributed by atoms with Crippen LogP contribution in [0.1, 0.15) is 31.4 Å². The van der Waals surface area contributed by atoms with Gasteiger partial charge in [-0.05, 0) is 44.4 Å². The Labute approximate surface area is 117 Å². The average Bonchev–Trinajstić information content (AvgIpc) is 2.34. The number of nitrogens with one attached hydrogen (secondary N) is 1. The van der Waals surface area contributed by atoms with E-state index in [4.69, 9.17) is 0 Å². The molecule has 3 nitrogen and oxygen atoms in total. The van der Waals surface area contributed by atoms with Crippen molar-refractivity contribution >= 4 is 9.84 Å². The monoisotopic (exact) mass is 283 g/mol. The van der Waals surface area contributed by atoms with Gasteiger partial charge in [0.15, 0.2) is 9.84 Å². The second-order valence-electron chi connectivity index (χ2n) is 5.23. The summed E-state index contributed by atoms with van der Waals surface area (Å²) in [4.78, 5) is 0. The minimum absolute atomic E-state index is 0.0314. The van der Waals surface area contributed by atoms with Crippen molar-refractivity contribution in [1.29, 1.82) is 0 Å². The molecule has 2 unspecified atom stereocenters. The Hall–Kier alpha value is -0.870. The maximum Gasteiger partial charge on any atom is 0.151 e. The van der Waals surface area contributed by atoms with E-state index in [2.05, 4.69) is 31.3 Å². The molecule has 2 atom stereocenters. The fraction of sp³-hybridized carbons (Fsp3) is 0.600. The molecule has 1 N–H and O–H groups in total. The molecule has 0 aliphatic heterocycles. The highest BCUT2D eigenvalue weighted by atomic mass is 32.2. The van der Waals surface area contributed by atoms with Gasteiger partial charge in [-0.3, -0.25) is 0 Å². The molecule has 4 heteroatoms. The summed E-state index contributed by atoms with van der Waals surface area (Å²) in [6, 6.07) is 8.12. The number of sulfone groups is 1. The lowest BCUT2D eigenvalue weighted by atomic mass is 9.99. The van der Waals surface area contributed by atoms with Gasteiger partial charge >= 0.3 is 0 Å². The molecule has 0 aliphatic rings. The first-order valence-corrected chi connectivity index (χ1v) is 8.78. The first-order valence-electron chi connectivity index (χ1n) is 6.83. The summed E-state index contributed by atoms with van der Waals surface area (Å²) in [6.45, 7) is 6.79. The van der Waals surface area contributed by atoms with E-state index in [1.807, 2.05) is 12.1 Å². The summed E-state index contributed by atoms with van der Waals surface area (Å²) >= 11 is 0. The second-order valence-corrected chi connectivity index (χ2v) is 7.63. The number of rotatable bonds is 7. The molecule has 0 fully saturated rings. The quantitative estimate of drug-likeness (QED) is 0.835. The highest BCUT2D eigenvalue weighted by Gasteiger charge is 2.25. The number of hydrogen-bond acceptors (Lipinski definition) is 3. The SMILES string of the molecule is CCCNC(Cc1ccccc1C)C(C)S(C)(=O)=O. The summed E-state index contributed by atoms with van der Waals surface area (Å²) < 4.78 is 23.5. The number of hydrogen-bond donors (Lipinski definition) is 1. The van der Waals surface area contributed by atoms with E-state index in [0.29, 0.717) is 0 Å². The normalized spacial score (nSPS) is 15.2. The van der Waals surface area contributed by atoms with Crippen molar-refractivity contribution in [2.45, 2.75) is 44.9 Å². The van der Waals surface area contributed by atoms with Crippen molar-refractivity contribution in [3.63, 3.8) is 0 Å². The third-order valence-corrected chi connectivity index (χ3v) is 5.28. The molecule has 0 saturated heterocycles. The Morgan fingerprint density at radius 2 is 1.89 bits per heavy atom. The molecule has 0 radical (unpaired) electrons. The molecule has 0 heterocycles. The number of benzene rings is 1. The van der Waals surface area contributed by atoms with Crippen LogP contribution in [0, 0.1) is 6.92 Å². The fourth-order valence-corrected chi connectivity index (χ4v) is 2.90. The van der Waals surface area contributed by atoms with Gasteiger partial charge in [0.25, 0.3) is 0 Å². The molecule has 0 aliphatic carbocycles. The lowest BCUT2D eigenvalue weighted by Crippen LogP contribution is -2.44. The Kier molecular flexibility index (Phi) is 6.01. The average molecular weight is 283 g/mol. The minimum atomic E-state index is -3.03. The smallest absolute Gasteiger partial charge is 0.151 e. The summed E-state index contributed by atoms with van der Waals surface area (Å²) in [5.41, 5.74) is 2.43. The van der Waals surface area contributed by atoms with E-state index in [1.54, 1.807) is 6.92 Å². The molecule has 108 valence electrons. The van der Waals surface area contributed by atoms with E-state index in [-0.39, 0.29) is 11.3 Å². The molecular formula is C15H25NO2S. The highest BCUT2D eigenvalue weighted by molar-refractivity contribution is 7.91. The Balaban J connectivity index is 2.89. The van der Waals surface area contributed by atoms with Crippen molar-refractivity contribution in [3.8, 4) is 0 Å². The van der Waals surface area contributed by atoms with Gasteiger partial charge in [0.05, 0.1) is 5.25 Å². The predicted molar refractivity (Wildman–Crippen MR) is 81.3 cm³/mol. The van der Waals surface area contributed by atoms with Gasteiger partial charge < -0.3 is 5.32 Å². The standard InChI is InChI=1S/C15H25NO2S/c1-5-10-16-15(13(3)19(4,17)18)11-14-9-7-6-8-12(14)2/h6-9,13,15-16H,5,10-11H2,1-4H3. The van der Waals surface area contributed by atoms with Gasteiger partial charge in [-0.25, -0.2) is 8.42 Å². The van der Waals surface area contributed by atoms with E-state index in [0.717, 1.165) is 19.4 Å². The largest absolute Gasteiger partial charge is 0.312 e. The first-order chi connectivity index (χ1) is 8.86. The van der Waals surface area contributed by atoms with Crippen LogP contribution in [0.15, 0.2) is 24.3 Å². The van der Waals surface area contributed by atoms with E-state index >= 15 is 0 Å². The molecule has 0 spiro atoms. The van der Waals surface area contributed by atoms with Crippen LogP contribution in [0.2, 0.25) is 0 Å². The van der Waals surface area contributed by atoms with Gasteiger partial charge in [-0.15, -0.1) is 0 Å². The van der Waals surface area contributed by atoms with Crippen molar-refractivity contribution in [3.05, 3.63) is 35.4 Å². The molecule has 0 bridgehead atoms. The maximum atomic E-state index is 11.8. The zero-order valence-corrected chi connectivity index (χ0v) is 13.1.